The summed E-state index contributed by atoms with van der Waals surface area (Å²) in [5.41, 5.74) is 3.97. The molecule has 6 nitrogen and oxygen atoms in total. The van der Waals surface area contributed by atoms with E-state index in [-0.39, 0.29) is 30.0 Å². The van der Waals surface area contributed by atoms with Gasteiger partial charge in [0.1, 0.15) is 0 Å². The van der Waals surface area contributed by atoms with Gasteiger partial charge in [0.2, 0.25) is 5.91 Å². The molecule has 3 aromatic rings. The third-order valence-corrected chi connectivity index (χ3v) is 6.78. The molecule has 6 heteroatoms. The van der Waals surface area contributed by atoms with Crippen LogP contribution in [0.5, 0.6) is 0 Å². The van der Waals surface area contributed by atoms with Crippen LogP contribution < -0.4 is 15.5 Å². The number of amides is 1. The number of rotatable bonds is 10. The fraction of sp³-hybridized carbons (Fsp3) is 0.375. The minimum atomic E-state index is -0.574. The summed E-state index contributed by atoms with van der Waals surface area (Å²) < 4.78 is 0. The van der Waals surface area contributed by atoms with Crippen molar-refractivity contribution in [1.29, 1.82) is 0 Å². The lowest BCUT2D eigenvalue weighted by atomic mass is 9.78. The molecule has 0 aliphatic carbocycles. The molecular weight excluding hydrogens is 472 g/mol. The lowest BCUT2D eigenvalue weighted by Crippen LogP contribution is -2.55. The Morgan fingerprint density at radius 2 is 1.45 bits per heavy atom. The van der Waals surface area contributed by atoms with Crippen molar-refractivity contribution in [1.82, 2.24) is 10.6 Å². The monoisotopic (exact) mass is 512 g/mol. The van der Waals surface area contributed by atoms with Crippen molar-refractivity contribution < 1.29 is 9.90 Å². The molecular formula is C32H40N4O2. The number of benzene rings is 3. The summed E-state index contributed by atoms with van der Waals surface area (Å²) in [6.07, 6.45) is 0.604. The third-order valence-electron chi connectivity index (χ3n) is 6.78. The van der Waals surface area contributed by atoms with E-state index in [2.05, 4.69) is 50.5 Å². The topological polar surface area (TPSA) is 77.0 Å². The van der Waals surface area contributed by atoms with Gasteiger partial charge in [0.25, 0.3) is 0 Å². The largest absolute Gasteiger partial charge is 0.388 e. The van der Waals surface area contributed by atoms with Crippen LogP contribution in [-0.2, 0) is 11.3 Å². The van der Waals surface area contributed by atoms with Crippen LogP contribution in [0.3, 0.4) is 0 Å². The summed E-state index contributed by atoms with van der Waals surface area (Å²) in [4.78, 5) is 20.0. The minimum absolute atomic E-state index is 0.0485. The van der Waals surface area contributed by atoms with Gasteiger partial charge < -0.3 is 20.6 Å². The highest BCUT2D eigenvalue weighted by atomic mass is 16.3. The Labute approximate surface area is 226 Å². The first-order chi connectivity index (χ1) is 18.3. The van der Waals surface area contributed by atoms with Crippen LogP contribution in [0.2, 0.25) is 0 Å². The zero-order chi connectivity index (χ0) is 27.1. The van der Waals surface area contributed by atoms with E-state index in [0.29, 0.717) is 19.4 Å². The molecule has 0 saturated carbocycles. The molecule has 3 atom stereocenters. The molecule has 1 aliphatic heterocycles. The number of hydrogen-bond donors (Lipinski definition) is 3. The number of nitrogens with one attached hydrogen (secondary N) is 2. The molecule has 4 rings (SSSR count). The van der Waals surface area contributed by atoms with Gasteiger partial charge >= 0.3 is 0 Å². The molecule has 1 saturated heterocycles. The Morgan fingerprint density at radius 3 is 2.03 bits per heavy atom. The highest BCUT2D eigenvalue weighted by Gasteiger charge is 2.48. The fourth-order valence-corrected chi connectivity index (χ4v) is 4.94. The summed E-state index contributed by atoms with van der Waals surface area (Å²) in [6, 6.07) is 28.5. The normalized spacial score (nSPS) is 17.8. The number of β-lactam (4-membered cyclic amide) rings is 1. The van der Waals surface area contributed by atoms with Crippen molar-refractivity contribution >= 4 is 17.6 Å². The third kappa shape index (κ3) is 6.81. The molecule has 0 spiro atoms. The summed E-state index contributed by atoms with van der Waals surface area (Å²) in [7, 11) is 0. The van der Waals surface area contributed by atoms with Crippen molar-refractivity contribution in [3.8, 4) is 0 Å². The zero-order valence-electron chi connectivity index (χ0n) is 22.8. The van der Waals surface area contributed by atoms with E-state index in [1.807, 2.05) is 77.7 Å². The molecule has 3 unspecified atom stereocenters. The average Bonchev–Trinajstić information content (AvgIpc) is 2.91. The van der Waals surface area contributed by atoms with E-state index < -0.39 is 6.10 Å². The molecule has 1 fully saturated rings. The summed E-state index contributed by atoms with van der Waals surface area (Å²) in [5.74, 6) is 0.739. The molecule has 3 N–H and O–H groups in total. The standard InChI is InChI=1S/C32H40N4O2/c1-22(2)34-32(35-23(3)4)33-21-24-15-17-27(18-16-24)36-30(26-13-9-6-10-14-26)28(31(36)38)19-20-29(37)25-11-7-5-8-12-25/h5-18,22-23,28-30,37H,19-21H2,1-4H3,(H2,33,34,35). The Bertz CT molecular complexity index is 1180. The Hall–Kier alpha value is -3.64. The maximum Gasteiger partial charge on any atom is 0.233 e. The fourth-order valence-electron chi connectivity index (χ4n) is 4.94. The predicted molar refractivity (Wildman–Crippen MR) is 155 cm³/mol. The van der Waals surface area contributed by atoms with Crippen LogP contribution in [0.15, 0.2) is 89.9 Å². The molecule has 0 aromatic heterocycles. The molecule has 0 radical (unpaired) electrons. The van der Waals surface area contributed by atoms with Gasteiger partial charge in [-0.25, -0.2) is 4.99 Å². The lowest BCUT2D eigenvalue weighted by Gasteiger charge is -2.48. The van der Waals surface area contributed by atoms with Crippen molar-refractivity contribution in [2.75, 3.05) is 4.90 Å². The van der Waals surface area contributed by atoms with Gasteiger partial charge in [-0.3, -0.25) is 4.79 Å². The highest BCUT2D eigenvalue weighted by molar-refractivity contribution is 6.03. The van der Waals surface area contributed by atoms with Gasteiger partial charge in [-0.1, -0.05) is 72.8 Å². The van der Waals surface area contributed by atoms with Crippen molar-refractivity contribution in [3.63, 3.8) is 0 Å². The maximum atomic E-state index is 13.4. The number of aliphatic hydroxyl groups is 1. The van der Waals surface area contributed by atoms with Gasteiger partial charge in [0.15, 0.2) is 5.96 Å². The second kappa shape index (κ2) is 12.7. The van der Waals surface area contributed by atoms with Crippen LogP contribution in [0.4, 0.5) is 5.69 Å². The predicted octanol–water partition coefficient (Wildman–Crippen LogP) is 5.76. The molecule has 38 heavy (non-hydrogen) atoms. The van der Waals surface area contributed by atoms with Gasteiger partial charge in [-0.2, -0.15) is 0 Å². The summed E-state index contributed by atoms with van der Waals surface area (Å²) >= 11 is 0. The second-order valence-electron chi connectivity index (χ2n) is 10.6. The first kappa shape index (κ1) is 27.4. The van der Waals surface area contributed by atoms with Crippen molar-refractivity contribution in [3.05, 3.63) is 102 Å². The van der Waals surface area contributed by atoms with Gasteiger partial charge in [-0.15, -0.1) is 0 Å². The second-order valence-corrected chi connectivity index (χ2v) is 10.6. The number of nitrogens with zero attached hydrogens (tertiary/aromatic N) is 2. The zero-order valence-corrected chi connectivity index (χ0v) is 22.8. The average molecular weight is 513 g/mol. The van der Waals surface area contributed by atoms with E-state index in [0.717, 1.165) is 28.3 Å². The number of carbonyl (C=O) groups is 1. The summed E-state index contributed by atoms with van der Waals surface area (Å²) in [5, 5.41) is 17.4. The Balaban J connectivity index is 1.47. The van der Waals surface area contributed by atoms with E-state index in [1.54, 1.807) is 0 Å². The number of carbonyl (C=O) groups excluding carboxylic acids is 1. The number of aliphatic hydroxyl groups excluding tert-OH is 1. The van der Waals surface area contributed by atoms with Crippen molar-refractivity contribution in [2.45, 2.75) is 71.3 Å². The number of aliphatic imine (C=N–C) groups is 1. The Morgan fingerprint density at radius 1 is 0.868 bits per heavy atom. The van der Waals surface area contributed by atoms with E-state index >= 15 is 0 Å². The highest BCUT2D eigenvalue weighted by Crippen LogP contribution is 2.46. The molecule has 3 aromatic carbocycles. The van der Waals surface area contributed by atoms with Gasteiger partial charge in [-0.05, 0) is 69.4 Å². The maximum absolute atomic E-state index is 13.4. The molecule has 1 aliphatic rings. The van der Waals surface area contributed by atoms with Crippen LogP contribution in [0, 0.1) is 5.92 Å². The smallest absolute Gasteiger partial charge is 0.233 e. The first-order valence-corrected chi connectivity index (χ1v) is 13.6. The molecule has 1 amide bonds. The SMILES string of the molecule is CC(C)NC(=NCc1ccc(N2C(=O)C(CCC(O)c3ccccc3)C2c2ccccc2)cc1)NC(C)C. The minimum Gasteiger partial charge on any atom is -0.388 e. The van der Waals surface area contributed by atoms with E-state index in [1.165, 1.54) is 0 Å². The van der Waals surface area contributed by atoms with E-state index in [4.69, 9.17) is 4.99 Å². The quantitative estimate of drug-likeness (QED) is 0.183. The first-order valence-electron chi connectivity index (χ1n) is 13.6. The van der Waals surface area contributed by atoms with E-state index in [9.17, 15) is 9.90 Å². The van der Waals surface area contributed by atoms with Gasteiger partial charge in [0, 0.05) is 17.8 Å². The van der Waals surface area contributed by atoms with Gasteiger partial charge in [0.05, 0.1) is 24.6 Å². The van der Waals surface area contributed by atoms with Crippen LogP contribution in [-0.4, -0.2) is 29.1 Å². The molecule has 1 heterocycles. The Kier molecular flexibility index (Phi) is 9.19. The number of anilines is 1. The summed E-state index contributed by atoms with van der Waals surface area (Å²) in [6.45, 7) is 8.92. The lowest BCUT2D eigenvalue weighted by molar-refractivity contribution is -0.131. The molecule has 0 bridgehead atoms. The van der Waals surface area contributed by atoms with Crippen LogP contribution in [0.1, 0.15) is 69.4 Å². The van der Waals surface area contributed by atoms with Crippen LogP contribution >= 0.6 is 0 Å². The van der Waals surface area contributed by atoms with Crippen LogP contribution in [0.25, 0.3) is 0 Å². The molecule has 200 valence electrons. The number of guanidine groups is 1. The van der Waals surface area contributed by atoms with Crippen molar-refractivity contribution in [2.24, 2.45) is 10.9 Å². The number of hydrogen-bond acceptors (Lipinski definition) is 3.